The van der Waals surface area contributed by atoms with Crippen LogP contribution in [-0.2, 0) is 0 Å². The molecule has 2 N–H and O–H groups in total. The second-order valence-electron chi connectivity index (χ2n) is 4.30. The van der Waals surface area contributed by atoms with Gasteiger partial charge >= 0.3 is 0 Å². The zero-order valence-corrected chi connectivity index (χ0v) is 11.1. The summed E-state index contributed by atoms with van der Waals surface area (Å²) < 4.78 is 0. The number of nitrogens with one attached hydrogen (secondary N) is 2. The van der Waals surface area contributed by atoms with Gasteiger partial charge in [0.15, 0.2) is 0 Å². The topological polar surface area (TPSA) is 54.0 Å². The zero-order chi connectivity index (χ0) is 13.7. The minimum absolute atomic E-state index is 0.199. The number of carbonyl (C=O) groups excluding carboxylic acids is 1. The highest BCUT2D eigenvalue weighted by Gasteiger charge is 2.08. The first kappa shape index (κ1) is 13.2. The molecule has 0 fully saturated rings. The molecule has 0 aliphatic rings. The molecule has 19 heavy (non-hydrogen) atoms. The molecule has 1 heterocycles. The normalized spacial score (nSPS) is 11.9. The van der Waals surface area contributed by atoms with Gasteiger partial charge in [0.1, 0.15) is 5.69 Å². The number of amides is 1. The Kier molecular flexibility index (Phi) is 4.26. The van der Waals surface area contributed by atoms with Crippen molar-refractivity contribution in [2.45, 2.75) is 13.0 Å². The van der Waals surface area contributed by atoms with E-state index in [-0.39, 0.29) is 11.9 Å². The first-order valence-electron chi connectivity index (χ1n) is 6.20. The van der Waals surface area contributed by atoms with Crippen molar-refractivity contribution in [1.82, 2.24) is 10.3 Å². The first-order valence-corrected chi connectivity index (χ1v) is 6.20. The average Bonchev–Trinajstić information content (AvgIpc) is 2.47. The SMILES string of the molecule is CNC(C)c1cccc(NC(=O)c2ccccn2)c1. The molecule has 0 spiro atoms. The summed E-state index contributed by atoms with van der Waals surface area (Å²) in [4.78, 5) is 16.0. The van der Waals surface area contributed by atoms with E-state index in [0.29, 0.717) is 5.69 Å². The van der Waals surface area contributed by atoms with E-state index < -0.39 is 0 Å². The van der Waals surface area contributed by atoms with Crippen LogP contribution in [0.5, 0.6) is 0 Å². The molecule has 1 amide bonds. The third-order valence-electron chi connectivity index (χ3n) is 2.98. The van der Waals surface area contributed by atoms with Gasteiger partial charge in [-0.05, 0) is 43.8 Å². The molecule has 2 aromatic rings. The van der Waals surface area contributed by atoms with Gasteiger partial charge in [0.25, 0.3) is 5.91 Å². The van der Waals surface area contributed by atoms with Gasteiger partial charge in [0, 0.05) is 17.9 Å². The molecule has 4 heteroatoms. The molecule has 4 nitrogen and oxygen atoms in total. The maximum absolute atomic E-state index is 12.0. The van der Waals surface area contributed by atoms with Gasteiger partial charge in [-0.2, -0.15) is 0 Å². The molecule has 2 rings (SSSR count). The molecular formula is C15H17N3O. The summed E-state index contributed by atoms with van der Waals surface area (Å²) in [5.41, 5.74) is 2.31. The minimum atomic E-state index is -0.199. The third kappa shape index (κ3) is 3.39. The Morgan fingerprint density at radius 3 is 2.74 bits per heavy atom. The van der Waals surface area contributed by atoms with Crippen LogP contribution in [0, 0.1) is 0 Å². The standard InChI is InChI=1S/C15H17N3O/c1-11(16-2)12-6-5-7-13(10-12)18-15(19)14-8-3-4-9-17-14/h3-11,16H,1-2H3,(H,18,19). The minimum Gasteiger partial charge on any atom is -0.321 e. The Morgan fingerprint density at radius 2 is 2.05 bits per heavy atom. The highest BCUT2D eigenvalue weighted by molar-refractivity contribution is 6.02. The Labute approximate surface area is 112 Å². The highest BCUT2D eigenvalue weighted by Crippen LogP contribution is 2.17. The van der Waals surface area contributed by atoms with Crippen LogP contribution in [0.2, 0.25) is 0 Å². The van der Waals surface area contributed by atoms with E-state index in [9.17, 15) is 4.79 Å². The van der Waals surface area contributed by atoms with Gasteiger partial charge in [-0.3, -0.25) is 9.78 Å². The van der Waals surface area contributed by atoms with Crippen LogP contribution >= 0.6 is 0 Å². The van der Waals surface area contributed by atoms with Gasteiger partial charge in [-0.1, -0.05) is 18.2 Å². The van der Waals surface area contributed by atoms with E-state index in [1.54, 1.807) is 24.4 Å². The first-order chi connectivity index (χ1) is 9.20. The summed E-state index contributed by atoms with van der Waals surface area (Å²) in [7, 11) is 1.91. The number of nitrogens with zero attached hydrogens (tertiary/aromatic N) is 1. The summed E-state index contributed by atoms with van der Waals surface area (Å²) >= 11 is 0. The lowest BCUT2D eigenvalue weighted by Crippen LogP contribution is -2.15. The maximum atomic E-state index is 12.0. The van der Waals surface area contributed by atoms with Gasteiger partial charge in [0.2, 0.25) is 0 Å². The second kappa shape index (κ2) is 6.11. The second-order valence-corrected chi connectivity index (χ2v) is 4.30. The zero-order valence-electron chi connectivity index (χ0n) is 11.1. The van der Waals surface area contributed by atoms with Crippen molar-refractivity contribution in [2.75, 3.05) is 12.4 Å². The Hall–Kier alpha value is -2.20. The van der Waals surface area contributed by atoms with Crippen molar-refractivity contribution in [3.8, 4) is 0 Å². The van der Waals surface area contributed by atoms with Crippen molar-refractivity contribution in [1.29, 1.82) is 0 Å². The molecule has 1 unspecified atom stereocenters. The molecule has 98 valence electrons. The van der Waals surface area contributed by atoms with E-state index in [1.807, 2.05) is 31.3 Å². The number of benzene rings is 1. The molecule has 0 saturated heterocycles. The molecule has 0 aliphatic heterocycles. The number of rotatable bonds is 4. The Balaban J connectivity index is 2.13. The van der Waals surface area contributed by atoms with E-state index >= 15 is 0 Å². The lowest BCUT2D eigenvalue weighted by molar-refractivity contribution is 0.102. The van der Waals surface area contributed by atoms with Crippen LogP contribution in [0.15, 0.2) is 48.7 Å². The lowest BCUT2D eigenvalue weighted by atomic mass is 10.1. The summed E-state index contributed by atoms with van der Waals surface area (Å²) in [6, 6.07) is 13.3. The van der Waals surface area contributed by atoms with Crippen LogP contribution in [0.3, 0.4) is 0 Å². The van der Waals surface area contributed by atoms with Crippen molar-refractivity contribution >= 4 is 11.6 Å². The fraction of sp³-hybridized carbons (Fsp3) is 0.200. The van der Waals surface area contributed by atoms with Gasteiger partial charge < -0.3 is 10.6 Å². The summed E-state index contributed by atoms with van der Waals surface area (Å²) in [5, 5.41) is 6.02. The molecular weight excluding hydrogens is 238 g/mol. The molecule has 0 bridgehead atoms. The number of hydrogen-bond acceptors (Lipinski definition) is 3. The lowest BCUT2D eigenvalue weighted by Gasteiger charge is -2.12. The maximum Gasteiger partial charge on any atom is 0.274 e. The van der Waals surface area contributed by atoms with Crippen molar-refractivity contribution in [3.05, 3.63) is 59.9 Å². The van der Waals surface area contributed by atoms with E-state index in [4.69, 9.17) is 0 Å². The highest BCUT2D eigenvalue weighted by atomic mass is 16.1. The molecule has 0 aliphatic carbocycles. The van der Waals surface area contributed by atoms with Crippen LogP contribution in [0.25, 0.3) is 0 Å². The van der Waals surface area contributed by atoms with Crippen LogP contribution < -0.4 is 10.6 Å². The fourth-order valence-electron chi connectivity index (χ4n) is 1.74. The van der Waals surface area contributed by atoms with Crippen LogP contribution in [-0.4, -0.2) is 17.9 Å². The number of aromatic nitrogens is 1. The third-order valence-corrected chi connectivity index (χ3v) is 2.98. The van der Waals surface area contributed by atoms with E-state index in [2.05, 4.69) is 22.5 Å². The molecule has 0 saturated carbocycles. The predicted octanol–water partition coefficient (Wildman–Crippen LogP) is 2.61. The Bertz CT molecular complexity index is 554. The number of anilines is 1. The smallest absolute Gasteiger partial charge is 0.274 e. The number of carbonyl (C=O) groups is 1. The Morgan fingerprint density at radius 1 is 1.21 bits per heavy atom. The average molecular weight is 255 g/mol. The van der Waals surface area contributed by atoms with E-state index in [0.717, 1.165) is 11.3 Å². The van der Waals surface area contributed by atoms with Crippen molar-refractivity contribution < 1.29 is 4.79 Å². The van der Waals surface area contributed by atoms with Crippen LogP contribution in [0.1, 0.15) is 29.0 Å². The number of pyridine rings is 1. The van der Waals surface area contributed by atoms with E-state index in [1.165, 1.54) is 0 Å². The van der Waals surface area contributed by atoms with Gasteiger partial charge in [-0.15, -0.1) is 0 Å². The largest absolute Gasteiger partial charge is 0.321 e. The predicted molar refractivity (Wildman–Crippen MR) is 76.1 cm³/mol. The summed E-state index contributed by atoms with van der Waals surface area (Å²) in [5.74, 6) is -0.199. The fourth-order valence-corrected chi connectivity index (χ4v) is 1.74. The molecule has 0 radical (unpaired) electrons. The molecule has 1 aromatic carbocycles. The molecule has 1 aromatic heterocycles. The summed E-state index contributed by atoms with van der Waals surface area (Å²) in [6.07, 6.45) is 1.61. The number of hydrogen-bond donors (Lipinski definition) is 2. The van der Waals surface area contributed by atoms with Gasteiger partial charge in [0.05, 0.1) is 0 Å². The van der Waals surface area contributed by atoms with Gasteiger partial charge in [-0.25, -0.2) is 0 Å². The van der Waals surface area contributed by atoms with Crippen molar-refractivity contribution in [3.63, 3.8) is 0 Å². The monoisotopic (exact) mass is 255 g/mol. The van der Waals surface area contributed by atoms with Crippen LogP contribution in [0.4, 0.5) is 5.69 Å². The summed E-state index contributed by atoms with van der Waals surface area (Å²) in [6.45, 7) is 2.07. The molecule has 1 atom stereocenters. The van der Waals surface area contributed by atoms with Crippen molar-refractivity contribution in [2.24, 2.45) is 0 Å². The quantitative estimate of drug-likeness (QED) is 0.883.